The Morgan fingerprint density at radius 3 is 2.41 bits per heavy atom. The first-order valence-corrected chi connectivity index (χ1v) is 10.2. The van der Waals surface area contributed by atoms with Gasteiger partial charge < -0.3 is 4.57 Å². The molecule has 1 aliphatic heterocycles. The number of allylic oxidation sites excluding steroid dienone is 2. The number of nitrogens with zero attached hydrogens (tertiary/aromatic N) is 2. The van der Waals surface area contributed by atoms with Crippen molar-refractivity contribution < 1.29 is 9.59 Å². The summed E-state index contributed by atoms with van der Waals surface area (Å²) in [5, 5.41) is 1.20. The molecule has 2 atom stereocenters. The summed E-state index contributed by atoms with van der Waals surface area (Å²) in [5.41, 5.74) is 6.10. The van der Waals surface area contributed by atoms with E-state index in [2.05, 4.69) is 66.2 Å². The zero-order valence-corrected chi connectivity index (χ0v) is 16.8. The van der Waals surface area contributed by atoms with Crippen molar-refractivity contribution in [2.45, 2.75) is 26.3 Å². The van der Waals surface area contributed by atoms with Gasteiger partial charge in [0.05, 0.1) is 11.8 Å². The normalized spacial score (nSPS) is 21.9. The summed E-state index contributed by atoms with van der Waals surface area (Å²) in [6, 6.07) is 19.2. The van der Waals surface area contributed by atoms with Gasteiger partial charge in [0.15, 0.2) is 0 Å². The van der Waals surface area contributed by atoms with Gasteiger partial charge in [-0.15, -0.1) is 0 Å². The first kappa shape index (κ1) is 17.9. The Morgan fingerprint density at radius 2 is 1.66 bits per heavy atom. The molecule has 0 spiro atoms. The molecular formula is C25H24N2O2. The molecule has 0 bridgehead atoms. The van der Waals surface area contributed by atoms with Gasteiger partial charge in [-0.05, 0) is 54.7 Å². The predicted octanol–water partition coefficient (Wildman–Crippen LogP) is 4.49. The maximum atomic E-state index is 12.5. The molecular weight excluding hydrogens is 360 g/mol. The van der Waals surface area contributed by atoms with E-state index in [-0.39, 0.29) is 23.7 Å². The molecule has 0 N–H and O–H groups in total. The van der Waals surface area contributed by atoms with Crippen LogP contribution in [0.15, 0.2) is 66.4 Å². The van der Waals surface area contributed by atoms with Crippen LogP contribution in [0.3, 0.4) is 0 Å². The summed E-state index contributed by atoms with van der Waals surface area (Å²) >= 11 is 0. The standard InChI is InChI=1S/C25H24N2O2/c1-16-12-21-22(25(29)26(2)24(21)28)14-20(16)18-8-9-23-19(13-18)10-11-27(23)15-17-6-4-3-5-7-17/h3-11,13,21-22H,12,14-15H2,1-2H3/t21-,22+/m0/s1. The summed E-state index contributed by atoms with van der Waals surface area (Å²) in [4.78, 5) is 26.2. The van der Waals surface area contributed by atoms with Gasteiger partial charge in [-0.3, -0.25) is 14.5 Å². The highest BCUT2D eigenvalue weighted by Crippen LogP contribution is 2.44. The molecule has 4 heteroatoms. The average molecular weight is 384 g/mol. The minimum Gasteiger partial charge on any atom is -0.343 e. The van der Waals surface area contributed by atoms with Crippen molar-refractivity contribution in [1.82, 2.24) is 9.47 Å². The number of carbonyl (C=O) groups is 2. The molecule has 146 valence electrons. The largest absolute Gasteiger partial charge is 0.343 e. The van der Waals surface area contributed by atoms with E-state index in [0.29, 0.717) is 12.8 Å². The molecule has 1 saturated heterocycles. The fraction of sp³-hybridized carbons (Fsp3) is 0.280. The maximum Gasteiger partial charge on any atom is 0.233 e. The van der Waals surface area contributed by atoms with Crippen LogP contribution in [0.25, 0.3) is 16.5 Å². The molecule has 5 rings (SSSR count). The van der Waals surface area contributed by atoms with Gasteiger partial charge in [-0.1, -0.05) is 42.0 Å². The summed E-state index contributed by atoms with van der Waals surface area (Å²) in [6.07, 6.45) is 3.47. The van der Waals surface area contributed by atoms with Crippen LogP contribution in [0, 0.1) is 11.8 Å². The van der Waals surface area contributed by atoms with Crippen molar-refractivity contribution in [2.75, 3.05) is 7.05 Å². The Labute approximate surface area is 170 Å². The molecule has 2 aromatic carbocycles. The smallest absolute Gasteiger partial charge is 0.233 e. The van der Waals surface area contributed by atoms with E-state index in [1.165, 1.54) is 38.1 Å². The van der Waals surface area contributed by atoms with Crippen LogP contribution in [0.5, 0.6) is 0 Å². The van der Waals surface area contributed by atoms with Gasteiger partial charge in [-0.2, -0.15) is 0 Å². The second kappa shape index (κ2) is 6.73. The number of rotatable bonds is 3. The van der Waals surface area contributed by atoms with E-state index in [4.69, 9.17) is 0 Å². The molecule has 1 aromatic heterocycles. The summed E-state index contributed by atoms with van der Waals surface area (Å²) in [6.45, 7) is 2.95. The van der Waals surface area contributed by atoms with E-state index in [9.17, 15) is 9.59 Å². The molecule has 29 heavy (non-hydrogen) atoms. The molecule has 2 aliphatic rings. The number of carbonyl (C=O) groups excluding carboxylic acids is 2. The molecule has 0 saturated carbocycles. The molecule has 1 fully saturated rings. The second-order valence-corrected chi connectivity index (χ2v) is 8.32. The highest BCUT2D eigenvalue weighted by molar-refractivity contribution is 6.06. The number of benzene rings is 2. The van der Waals surface area contributed by atoms with Crippen LogP contribution in [0.4, 0.5) is 0 Å². The van der Waals surface area contributed by atoms with Gasteiger partial charge in [0.1, 0.15) is 0 Å². The fourth-order valence-corrected chi connectivity index (χ4v) is 4.93. The Bertz CT molecular complexity index is 1160. The highest BCUT2D eigenvalue weighted by Gasteiger charge is 2.47. The minimum atomic E-state index is -0.204. The zero-order chi connectivity index (χ0) is 20.1. The van der Waals surface area contributed by atoms with Gasteiger partial charge in [0.25, 0.3) is 0 Å². The number of imide groups is 1. The van der Waals surface area contributed by atoms with Gasteiger partial charge in [0, 0.05) is 30.7 Å². The zero-order valence-electron chi connectivity index (χ0n) is 16.8. The van der Waals surface area contributed by atoms with E-state index in [0.717, 1.165) is 6.54 Å². The lowest BCUT2D eigenvalue weighted by molar-refractivity contribution is -0.138. The Morgan fingerprint density at radius 1 is 0.931 bits per heavy atom. The van der Waals surface area contributed by atoms with Gasteiger partial charge >= 0.3 is 0 Å². The number of hydrogen-bond donors (Lipinski definition) is 0. The van der Waals surface area contributed by atoms with Crippen LogP contribution in [0.1, 0.15) is 30.9 Å². The number of amides is 2. The molecule has 2 heterocycles. The monoisotopic (exact) mass is 384 g/mol. The topological polar surface area (TPSA) is 42.3 Å². The Hall–Kier alpha value is -3.14. The molecule has 3 aromatic rings. The maximum absolute atomic E-state index is 12.5. The van der Waals surface area contributed by atoms with Crippen molar-refractivity contribution in [3.05, 3.63) is 77.5 Å². The van der Waals surface area contributed by atoms with Gasteiger partial charge in [0.2, 0.25) is 11.8 Å². The Kier molecular flexibility index (Phi) is 4.16. The fourth-order valence-electron chi connectivity index (χ4n) is 4.93. The Balaban J connectivity index is 1.47. The van der Waals surface area contributed by atoms with E-state index in [1.54, 1.807) is 7.05 Å². The van der Waals surface area contributed by atoms with Crippen molar-refractivity contribution >= 4 is 28.3 Å². The van der Waals surface area contributed by atoms with E-state index in [1.807, 2.05) is 6.07 Å². The summed E-state index contributed by atoms with van der Waals surface area (Å²) in [5.74, 6) is -0.427. The SMILES string of the molecule is CC1=C(c2ccc3c(ccn3Cc3ccccc3)c2)C[C@H]2C(=O)N(C)C(=O)[C@H]2C1. The quantitative estimate of drug-likeness (QED) is 0.625. The lowest BCUT2D eigenvalue weighted by Gasteiger charge is -2.26. The van der Waals surface area contributed by atoms with Crippen molar-refractivity contribution in [3.8, 4) is 0 Å². The lowest BCUT2D eigenvalue weighted by Crippen LogP contribution is -2.26. The molecule has 4 nitrogen and oxygen atoms in total. The van der Waals surface area contributed by atoms with Crippen molar-refractivity contribution in [2.24, 2.45) is 11.8 Å². The third-order valence-corrected chi connectivity index (χ3v) is 6.56. The predicted molar refractivity (Wildman–Crippen MR) is 114 cm³/mol. The van der Waals surface area contributed by atoms with Crippen molar-refractivity contribution in [3.63, 3.8) is 0 Å². The number of aromatic nitrogens is 1. The average Bonchev–Trinajstić information content (AvgIpc) is 3.22. The lowest BCUT2D eigenvalue weighted by atomic mass is 9.75. The first-order chi connectivity index (χ1) is 14.0. The van der Waals surface area contributed by atoms with Crippen LogP contribution in [-0.2, 0) is 16.1 Å². The summed E-state index contributed by atoms with van der Waals surface area (Å²) < 4.78 is 2.26. The van der Waals surface area contributed by atoms with E-state index >= 15 is 0 Å². The third kappa shape index (κ3) is 2.91. The molecule has 0 radical (unpaired) electrons. The number of fused-ring (bicyclic) bond motifs is 2. The second-order valence-electron chi connectivity index (χ2n) is 8.32. The third-order valence-electron chi connectivity index (χ3n) is 6.56. The molecule has 1 aliphatic carbocycles. The van der Waals surface area contributed by atoms with E-state index < -0.39 is 0 Å². The van der Waals surface area contributed by atoms with Crippen LogP contribution in [0.2, 0.25) is 0 Å². The number of hydrogen-bond acceptors (Lipinski definition) is 2. The van der Waals surface area contributed by atoms with Crippen LogP contribution in [-0.4, -0.2) is 28.3 Å². The van der Waals surface area contributed by atoms with Gasteiger partial charge in [-0.25, -0.2) is 0 Å². The first-order valence-electron chi connectivity index (χ1n) is 10.2. The highest BCUT2D eigenvalue weighted by atomic mass is 16.2. The van der Waals surface area contributed by atoms with Crippen LogP contribution >= 0.6 is 0 Å². The number of likely N-dealkylation sites (tertiary alicyclic amines) is 1. The molecule has 0 unspecified atom stereocenters. The molecule has 2 amide bonds. The van der Waals surface area contributed by atoms with Crippen molar-refractivity contribution in [1.29, 1.82) is 0 Å². The summed E-state index contributed by atoms with van der Waals surface area (Å²) in [7, 11) is 1.61. The minimum absolute atomic E-state index is 0.0214. The van der Waals surface area contributed by atoms with Crippen LogP contribution < -0.4 is 0 Å².